The first kappa shape index (κ1) is 15.5. The van der Waals surface area contributed by atoms with E-state index in [-0.39, 0.29) is 11.4 Å². The number of nitrogens with zero attached hydrogens (tertiary/aromatic N) is 2. The van der Waals surface area contributed by atoms with Gasteiger partial charge in [0.25, 0.3) is 0 Å². The maximum absolute atomic E-state index is 14.2. The van der Waals surface area contributed by atoms with Crippen molar-refractivity contribution in [2.24, 2.45) is 17.6 Å². The number of benzene rings is 1. The summed E-state index contributed by atoms with van der Waals surface area (Å²) in [4.78, 5) is 12.1. The van der Waals surface area contributed by atoms with Crippen LogP contribution in [0.25, 0.3) is 0 Å². The molecule has 2 rings (SSSR count). The Morgan fingerprint density at radius 2 is 2.29 bits per heavy atom. The molecule has 1 fully saturated rings. The Bertz CT molecular complexity index is 538. The molecule has 1 heterocycles. The van der Waals surface area contributed by atoms with Crippen LogP contribution in [-0.4, -0.2) is 31.7 Å². The largest absolute Gasteiger partial charge is 0.490 e. The fraction of sp³-hybridized carbons (Fsp3) is 0.571. The molecule has 0 amide bonds. The van der Waals surface area contributed by atoms with E-state index in [0.29, 0.717) is 37.2 Å². The van der Waals surface area contributed by atoms with Crippen molar-refractivity contribution in [3.05, 3.63) is 28.1 Å². The molecule has 0 radical (unpaired) electrons. The van der Waals surface area contributed by atoms with Crippen LogP contribution in [0, 0.1) is 27.8 Å². The lowest BCUT2D eigenvalue weighted by molar-refractivity contribution is -0.385. The molecule has 1 aliphatic heterocycles. The minimum absolute atomic E-state index is 0.0688. The van der Waals surface area contributed by atoms with Crippen molar-refractivity contribution in [1.82, 2.24) is 0 Å². The van der Waals surface area contributed by atoms with Gasteiger partial charge in [-0.2, -0.15) is 0 Å². The van der Waals surface area contributed by atoms with Crippen molar-refractivity contribution in [3.8, 4) is 5.75 Å². The summed E-state index contributed by atoms with van der Waals surface area (Å²) in [6.07, 6.45) is 0.917. The number of methoxy groups -OCH3 is 1. The van der Waals surface area contributed by atoms with Gasteiger partial charge in [0.15, 0.2) is 11.6 Å². The Balaban J connectivity index is 2.33. The summed E-state index contributed by atoms with van der Waals surface area (Å²) < 4.78 is 19.2. The first-order valence-electron chi connectivity index (χ1n) is 6.94. The smallest absolute Gasteiger partial charge is 0.313 e. The van der Waals surface area contributed by atoms with Gasteiger partial charge in [-0.1, -0.05) is 6.92 Å². The van der Waals surface area contributed by atoms with Gasteiger partial charge >= 0.3 is 5.69 Å². The molecule has 1 saturated heterocycles. The number of rotatable bonds is 4. The van der Waals surface area contributed by atoms with Crippen LogP contribution in [0.3, 0.4) is 0 Å². The van der Waals surface area contributed by atoms with E-state index in [4.69, 9.17) is 10.5 Å². The second kappa shape index (κ2) is 6.26. The lowest BCUT2D eigenvalue weighted by Crippen LogP contribution is -2.43. The van der Waals surface area contributed by atoms with Crippen molar-refractivity contribution < 1.29 is 14.1 Å². The number of ether oxygens (including phenoxy) is 1. The molecular formula is C14H20FN3O3. The van der Waals surface area contributed by atoms with Gasteiger partial charge in [-0.25, -0.2) is 4.39 Å². The van der Waals surface area contributed by atoms with Crippen LogP contribution < -0.4 is 15.4 Å². The van der Waals surface area contributed by atoms with Crippen molar-refractivity contribution in [1.29, 1.82) is 0 Å². The summed E-state index contributed by atoms with van der Waals surface area (Å²) in [5.74, 6) is 0.251. The molecule has 0 spiro atoms. The first-order valence-corrected chi connectivity index (χ1v) is 6.94. The van der Waals surface area contributed by atoms with E-state index in [2.05, 4.69) is 6.92 Å². The van der Waals surface area contributed by atoms with E-state index >= 15 is 0 Å². The summed E-state index contributed by atoms with van der Waals surface area (Å²) in [7, 11) is 1.34. The highest BCUT2D eigenvalue weighted by Crippen LogP contribution is 2.36. The number of hydrogen-bond acceptors (Lipinski definition) is 5. The first-order chi connectivity index (χ1) is 9.97. The van der Waals surface area contributed by atoms with Gasteiger partial charge in [0.1, 0.15) is 0 Å². The normalized spacial score (nSPS) is 22.2. The molecule has 1 aromatic carbocycles. The minimum Gasteiger partial charge on any atom is -0.490 e. The third kappa shape index (κ3) is 3.07. The predicted molar refractivity (Wildman–Crippen MR) is 78.1 cm³/mol. The second-order valence-electron chi connectivity index (χ2n) is 5.44. The van der Waals surface area contributed by atoms with Crippen LogP contribution in [0.2, 0.25) is 0 Å². The molecule has 2 N–H and O–H groups in total. The Hall–Kier alpha value is -1.89. The fourth-order valence-corrected chi connectivity index (χ4v) is 2.76. The number of nitrogens with two attached hydrogens (primary N) is 1. The molecule has 0 bridgehead atoms. The number of nitro groups is 1. The van der Waals surface area contributed by atoms with E-state index in [9.17, 15) is 14.5 Å². The van der Waals surface area contributed by atoms with Gasteiger partial charge in [-0.05, 0) is 24.8 Å². The molecule has 0 saturated carbocycles. The molecule has 2 atom stereocenters. The van der Waals surface area contributed by atoms with E-state index in [1.165, 1.54) is 13.2 Å². The Morgan fingerprint density at radius 1 is 1.57 bits per heavy atom. The maximum atomic E-state index is 14.2. The van der Waals surface area contributed by atoms with Gasteiger partial charge in [0, 0.05) is 19.2 Å². The van der Waals surface area contributed by atoms with Gasteiger partial charge in [-0.15, -0.1) is 0 Å². The Kier molecular flexibility index (Phi) is 4.62. The minimum atomic E-state index is -0.646. The number of halogens is 1. The van der Waals surface area contributed by atoms with Gasteiger partial charge in [0.2, 0.25) is 0 Å². The van der Waals surface area contributed by atoms with Crippen LogP contribution >= 0.6 is 0 Å². The maximum Gasteiger partial charge on any atom is 0.313 e. The van der Waals surface area contributed by atoms with Crippen molar-refractivity contribution in [3.63, 3.8) is 0 Å². The summed E-state index contributed by atoms with van der Waals surface area (Å²) in [6, 6.07) is 2.32. The zero-order valence-corrected chi connectivity index (χ0v) is 12.2. The lowest BCUT2D eigenvalue weighted by atomic mass is 9.87. The molecule has 21 heavy (non-hydrogen) atoms. The van der Waals surface area contributed by atoms with E-state index in [1.807, 2.05) is 4.90 Å². The van der Waals surface area contributed by atoms with Crippen LogP contribution in [0.15, 0.2) is 12.1 Å². The molecule has 0 aromatic heterocycles. The molecule has 1 aromatic rings. The number of anilines is 1. The topological polar surface area (TPSA) is 81.6 Å². The van der Waals surface area contributed by atoms with Crippen LogP contribution in [0.4, 0.5) is 15.8 Å². The third-order valence-corrected chi connectivity index (χ3v) is 4.20. The highest BCUT2D eigenvalue weighted by atomic mass is 19.1. The number of hydrogen-bond donors (Lipinski definition) is 1. The zero-order chi connectivity index (χ0) is 15.6. The Labute approximate surface area is 122 Å². The second-order valence-corrected chi connectivity index (χ2v) is 5.44. The quantitative estimate of drug-likeness (QED) is 0.680. The zero-order valence-electron chi connectivity index (χ0n) is 12.2. The molecule has 7 heteroatoms. The number of piperidine rings is 1. The summed E-state index contributed by atoms with van der Waals surface area (Å²) in [5.41, 5.74) is 5.73. The molecule has 2 unspecified atom stereocenters. The van der Waals surface area contributed by atoms with Crippen LogP contribution in [0.1, 0.15) is 13.3 Å². The molecule has 116 valence electrons. The van der Waals surface area contributed by atoms with Crippen molar-refractivity contribution >= 4 is 11.4 Å². The average Bonchev–Trinajstić information content (AvgIpc) is 2.47. The lowest BCUT2D eigenvalue weighted by Gasteiger charge is -2.38. The molecule has 6 nitrogen and oxygen atoms in total. The summed E-state index contributed by atoms with van der Waals surface area (Å²) in [5, 5.41) is 10.9. The molecule has 1 aliphatic rings. The monoisotopic (exact) mass is 297 g/mol. The Morgan fingerprint density at radius 3 is 2.86 bits per heavy atom. The predicted octanol–water partition coefficient (Wildman–Crippen LogP) is 2.16. The highest BCUT2D eigenvalue weighted by Gasteiger charge is 2.28. The standard InChI is InChI=1S/C14H20FN3O3/c1-9-3-4-17(8-10(9)7-16)12-6-14(21-2)13(18(19)20)5-11(12)15/h5-6,9-10H,3-4,7-8,16H2,1-2H3. The average molecular weight is 297 g/mol. The van der Waals surface area contributed by atoms with Crippen molar-refractivity contribution in [2.45, 2.75) is 13.3 Å². The SMILES string of the molecule is COc1cc(N2CCC(C)C(CN)C2)c(F)cc1[N+](=O)[O-]. The summed E-state index contributed by atoms with van der Waals surface area (Å²) in [6.45, 7) is 4.04. The third-order valence-electron chi connectivity index (χ3n) is 4.20. The van der Waals surface area contributed by atoms with Gasteiger partial charge in [-0.3, -0.25) is 10.1 Å². The highest BCUT2D eigenvalue weighted by molar-refractivity contribution is 5.60. The van der Waals surface area contributed by atoms with E-state index in [0.717, 1.165) is 12.5 Å². The van der Waals surface area contributed by atoms with Gasteiger partial charge in [0.05, 0.1) is 23.8 Å². The fourth-order valence-electron chi connectivity index (χ4n) is 2.76. The van der Waals surface area contributed by atoms with Crippen LogP contribution in [-0.2, 0) is 0 Å². The van der Waals surface area contributed by atoms with E-state index in [1.54, 1.807) is 0 Å². The summed E-state index contributed by atoms with van der Waals surface area (Å²) >= 11 is 0. The van der Waals surface area contributed by atoms with E-state index < -0.39 is 10.7 Å². The number of nitro benzene ring substituents is 1. The van der Waals surface area contributed by atoms with Crippen molar-refractivity contribution in [2.75, 3.05) is 31.6 Å². The molecule has 0 aliphatic carbocycles. The molecular weight excluding hydrogens is 277 g/mol. The van der Waals surface area contributed by atoms with Crippen LogP contribution in [0.5, 0.6) is 5.75 Å². The van der Waals surface area contributed by atoms with Gasteiger partial charge < -0.3 is 15.4 Å².